The molecule has 0 bridgehead atoms. The molecule has 6 nitrogen and oxygen atoms in total. The second kappa shape index (κ2) is 10.2. The molecule has 2 fully saturated rings. The van der Waals surface area contributed by atoms with E-state index in [-0.39, 0.29) is 24.4 Å². The topological polar surface area (TPSA) is 70.4 Å². The van der Waals surface area contributed by atoms with Gasteiger partial charge in [0.15, 0.2) is 0 Å². The molecule has 1 aromatic carbocycles. The van der Waals surface area contributed by atoms with Gasteiger partial charge in [0.2, 0.25) is 11.8 Å². The average Bonchev–Trinajstić information content (AvgIpc) is 3.38. The third-order valence-corrected chi connectivity index (χ3v) is 5.83. The van der Waals surface area contributed by atoms with Crippen LogP contribution in [0.15, 0.2) is 34.7 Å². The Kier molecular flexibility index (Phi) is 7.70. The van der Waals surface area contributed by atoms with E-state index < -0.39 is 0 Å². The van der Waals surface area contributed by atoms with Crippen molar-refractivity contribution in [1.29, 1.82) is 0 Å². The van der Waals surface area contributed by atoms with E-state index in [0.29, 0.717) is 11.8 Å². The second-order valence-electron chi connectivity index (χ2n) is 8.03. The molecule has 0 saturated carbocycles. The number of halogens is 1. The molecule has 2 saturated heterocycles. The monoisotopic (exact) mass is 418 g/mol. The molecule has 1 aromatic heterocycles. The predicted molar refractivity (Wildman–Crippen MR) is 116 cm³/mol. The van der Waals surface area contributed by atoms with Crippen LogP contribution in [-0.2, 0) is 11.3 Å². The van der Waals surface area contributed by atoms with Gasteiger partial charge in [-0.05, 0) is 63.7 Å². The molecule has 0 radical (unpaired) electrons. The van der Waals surface area contributed by atoms with Gasteiger partial charge in [-0.2, -0.15) is 0 Å². The number of carbonyl (C=O) groups is 1. The summed E-state index contributed by atoms with van der Waals surface area (Å²) >= 11 is 0. The molecule has 158 valence electrons. The van der Waals surface area contributed by atoms with Crippen molar-refractivity contribution in [2.75, 3.05) is 26.2 Å². The summed E-state index contributed by atoms with van der Waals surface area (Å²) in [4.78, 5) is 19.4. The van der Waals surface area contributed by atoms with Crippen molar-refractivity contribution in [1.82, 2.24) is 20.5 Å². The van der Waals surface area contributed by atoms with Crippen LogP contribution in [0.1, 0.15) is 37.1 Å². The fourth-order valence-corrected chi connectivity index (χ4v) is 4.23. The van der Waals surface area contributed by atoms with Crippen molar-refractivity contribution in [2.24, 2.45) is 5.92 Å². The second-order valence-corrected chi connectivity index (χ2v) is 8.03. The first-order chi connectivity index (χ1) is 13.7. The van der Waals surface area contributed by atoms with E-state index in [4.69, 9.17) is 9.40 Å². The van der Waals surface area contributed by atoms with Crippen LogP contribution in [0.25, 0.3) is 11.5 Å². The fourth-order valence-electron chi connectivity index (χ4n) is 4.23. The normalized spacial score (nSPS) is 22.2. The maximum Gasteiger partial charge on any atom is 0.237 e. The molecule has 7 heteroatoms. The lowest BCUT2D eigenvalue weighted by Gasteiger charge is -2.32. The summed E-state index contributed by atoms with van der Waals surface area (Å²) in [6, 6.07) is 10.0. The number of nitrogens with one attached hydrogen (secondary N) is 2. The summed E-state index contributed by atoms with van der Waals surface area (Å²) in [5, 5.41) is 6.42. The lowest BCUT2D eigenvalue weighted by molar-refractivity contribution is -0.123. The van der Waals surface area contributed by atoms with Gasteiger partial charge in [-0.3, -0.25) is 9.69 Å². The Bertz CT molecular complexity index is 789. The van der Waals surface area contributed by atoms with E-state index in [0.717, 1.165) is 69.0 Å². The lowest BCUT2D eigenvalue weighted by atomic mass is 9.97. The number of likely N-dealkylation sites (tertiary alicyclic amines) is 1. The maximum absolute atomic E-state index is 12.2. The first kappa shape index (κ1) is 21.8. The Hall–Kier alpha value is -1.89. The van der Waals surface area contributed by atoms with Gasteiger partial charge in [0.1, 0.15) is 5.76 Å². The van der Waals surface area contributed by atoms with Crippen LogP contribution in [0.3, 0.4) is 0 Å². The zero-order chi connectivity index (χ0) is 19.3. The molecule has 2 aliphatic rings. The quantitative estimate of drug-likeness (QED) is 0.754. The molecule has 2 atom stereocenters. The lowest BCUT2D eigenvalue weighted by Crippen LogP contribution is -2.45. The zero-order valence-electron chi connectivity index (χ0n) is 17.0. The van der Waals surface area contributed by atoms with Gasteiger partial charge in [0, 0.05) is 25.2 Å². The number of benzene rings is 1. The van der Waals surface area contributed by atoms with Crippen molar-refractivity contribution in [3.8, 4) is 11.5 Å². The van der Waals surface area contributed by atoms with E-state index in [2.05, 4.69) is 15.5 Å². The minimum atomic E-state index is 0. The number of amides is 1. The molecule has 2 N–H and O–H groups in total. The van der Waals surface area contributed by atoms with Crippen LogP contribution < -0.4 is 10.6 Å². The van der Waals surface area contributed by atoms with Crippen molar-refractivity contribution >= 4 is 18.3 Å². The number of carbonyl (C=O) groups excluding carboxylic acids is 1. The van der Waals surface area contributed by atoms with Gasteiger partial charge in [-0.15, -0.1) is 12.4 Å². The summed E-state index contributed by atoms with van der Waals surface area (Å²) in [7, 11) is 0. The third-order valence-electron chi connectivity index (χ3n) is 5.83. The van der Waals surface area contributed by atoms with Crippen molar-refractivity contribution in [2.45, 2.75) is 45.2 Å². The first-order valence-corrected chi connectivity index (χ1v) is 10.4. The summed E-state index contributed by atoms with van der Waals surface area (Å²) in [6.07, 6.45) is 4.38. The van der Waals surface area contributed by atoms with Gasteiger partial charge in [-0.25, -0.2) is 4.98 Å². The SMILES string of the molecule is Cc1oc(-c2ccccc2)nc1CN1CCCC(CNC(=O)C2CCCN2)C1.Cl. The fraction of sp³-hybridized carbons (Fsp3) is 0.545. The molecule has 0 spiro atoms. The van der Waals surface area contributed by atoms with E-state index in [1.165, 1.54) is 6.42 Å². The number of hydrogen-bond donors (Lipinski definition) is 2. The smallest absolute Gasteiger partial charge is 0.237 e. The summed E-state index contributed by atoms with van der Waals surface area (Å²) < 4.78 is 5.90. The first-order valence-electron chi connectivity index (χ1n) is 10.4. The highest BCUT2D eigenvalue weighted by Crippen LogP contribution is 2.24. The molecule has 3 heterocycles. The number of aryl methyl sites for hydroxylation is 1. The minimum Gasteiger partial charge on any atom is -0.441 e. The molecule has 1 amide bonds. The van der Waals surface area contributed by atoms with Crippen molar-refractivity contribution in [3.63, 3.8) is 0 Å². The summed E-state index contributed by atoms with van der Waals surface area (Å²) in [5.41, 5.74) is 2.02. The van der Waals surface area contributed by atoms with E-state index in [9.17, 15) is 4.79 Å². The highest BCUT2D eigenvalue weighted by Gasteiger charge is 2.25. The van der Waals surface area contributed by atoms with Gasteiger partial charge >= 0.3 is 0 Å². The minimum absolute atomic E-state index is 0. The van der Waals surface area contributed by atoms with Gasteiger partial charge < -0.3 is 15.1 Å². The van der Waals surface area contributed by atoms with Gasteiger partial charge in [0.05, 0.1) is 11.7 Å². The molecule has 2 aromatic rings. The molecular weight excluding hydrogens is 388 g/mol. The number of hydrogen-bond acceptors (Lipinski definition) is 5. The van der Waals surface area contributed by atoms with Crippen LogP contribution in [0.2, 0.25) is 0 Å². The number of oxazole rings is 1. The zero-order valence-corrected chi connectivity index (χ0v) is 17.8. The number of piperidine rings is 1. The Balaban J connectivity index is 0.00000240. The van der Waals surface area contributed by atoms with Crippen LogP contribution in [0, 0.1) is 12.8 Å². The van der Waals surface area contributed by atoms with Crippen LogP contribution in [-0.4, -0.2) is 48.0 Å². The Morgan fingerprint density at radius 2 is 2.10 bits per heavy atom. The van der Waals surface area contributed by atoms with Crippen molar-refractivity contribution < 1.29 is 9.21 Å². The summed E-state index contributed by atoms with van der Waals surface area (Å²) in [5.74, 6) is 2.24. The molecule has 29 heavy (non-hydrogen) atoms. The Labute approximate surface area is 178 Å². The molecule has 2 unspecified atom stereocenters. The highest BCUT2D eigenvalue weighted by molar-refractivity contribution is 5.85. The number of aromatic nitrogens is 1. The number of nitrogens with zero attached hydrogens (tertiary/aromatic N) is 2. The molecule has 4 rings (SSSR count). The van der Waals surface area contributed by atoms with Crippen LogP contribution >= 0.6 is 12.4 Å². The number of rotatable bonds is 6. The highest BCUT2D eigenvalue weighted by atomic mass is 35.5. The van der Waals surface area contributed by atoms with E-state index in [1.54, 1.807) is 0 Å². The van der Waals surface area contributed by atoms with Gasteiger partial charge in [0.25, 0.3) is 0 Å². The third kappa shape index (κ3) is 5.59. The Morgan fingerprint density at radius 1 is 1.28 bits per heavy atom. The van der Waals surface area contributed by atoms with Crippen LogP contribution in [0.4, 0.5) is 0 Å². The predicted octanol–water partition coefficient (Wildman–Crippen LogP) is 3.15. The van der Waals surface area contributed by atoms with Crippen molar-refractivity contribution in [3.05, 3.63) is 41.8 Å². The standard InChI is InChI=1S/C22H30N4O2.ClH/c1-16-20(25-22(28-16)18-8-3-2-4-9-18)15-26-12-6-7-17(14-26)13-24-21(27)19-10-5-11-23-19;/h2-4,8-9,17,19,23H,5-7,10-15H2,1H3,(H,24,27);1H. The van der Waals surface area contributed by atoms with E-state index >= 15 is 0 Å². The largest absolute Gasteiger partial charge is 0.441 e. The average molecular weight is 419 g/mol. The molecule has 2 aliphatic heterocycles. The molecular formula is C22H31ClN4O2. The van der Waals surface area contributed by atoms with Crippen LogP contribution in [0.5, 0.6) is 0 Å². The Morgan fingerprint density at radius 3 is 2.86 bits per heavy atom. The maximum atomic E-state index is 12.2. The molecule has 0 aliphatic carbocycles. The van der Waals surface area contributed by atoms with E-state index in [1.807, 2.05) is 37.3 Å². The summed E-state index contributed by atoms with van der Waals surface area (Å²) in [6.45, 7) is 6.58. The van der Waals surface area contributed by atoms with Gasteiger partial charge in [-0.1, -0.05) is 18.2 Å².